The van der Waals surface area contributed by atoms with Gasteiger partial charge in [-0.3, -0.25) is 9.59 Å². The topological polar surface area (TPSA) is 61.8 Å². The summed E-state index contributed by atoms with van der Waals surface area (Å²) in [5.41, 5.74) is 1.65. The Hall–Kier alpha value is -3.28. The first kappa shape index (κ1) is 21.0. The fourth-order valence-corrected chi connectivity index (χ4v) is 3.59. The number of methoxy groups -OCH3 is 1. The van der Waals surface area contributed by atoms with Gasteiger partial charge in [-0.05, 0) is 48.0 Å². The Bertz CT molecular complexity index is 1180. The van der Waals surface area contributed by atoms with Gasteiger partial charge in [-0.2, -0.15) is 0 Å². The largest absolute Gasteiger partial charge is 0.497 e. The first-order chi connectivity index (χ1) is 14.9. The first-order valence-corrected chi connectivity index (χ1v) is 10.1. The number of allylic oxidation sites excluding steroid dienone is 1. The summed E-state index contributed by atoms with van der Waals surface area (Å²) in [4.78, 5) is 24.9. The number of hydrogen-bond donors (Lipinski definition) is 0. The van der Waals surface area contributed by atoms with Gasteiger partial charge in [-0.25, -0.2) is 0 Å². The molecule has 0 saturated heterocycles. The van der Waals surface area contributed by atoms with Crippen molar-refractivity contribution in [2.45, 2.75) is 6.42 Å². The van der Waals surface area contributed by atoms with E-state index in [2.05, 4.69) is 0 Å². The fourth-order valence-electron chi connectivity index (χ4n) is 3.09. The predicted molar refractivity (Wildman–Crippen MR) is 118 cm³/mol. The summed E-state index contributed by atoms with van der Waals surface area (Å²) in [5, 5.41) is 0.806. The van der Waals surface area contributed by atoms with E-state index < -0.39 is 5.97 Å². The minimum absolute atomic E-state index is 0.0895. The van der Waals surface area contributed by atoms with Crippen LogP contribution in [0.5, 0.6) is 17.2 Å². The predicted octanol–water partition coefficient (Wildman–Crippen LogP) is 5.77. The number of benzene rings is 3. The van der Waals surface area contributed by atoms with Crippen LogP contribution in [0.1, 0.15) is 21.5 Å². The van der Waals surface area contributed by atoms with Gasteiger partial charge in [0.1, 0.15) is 17.2 Å². The van der Waals surface area contributed by atoms with Crippen LogP contribution in [-0.4, -0.2) is 18.9 Å². The van der Waals surface area contributed by atoms with Gasteiger partial charge in [0.25, 0.3) is 0 Å². The van der Waals surface area contributed by atoms with Crippen molar-refractivity contribution in [2.24, 2.45) is 0 Å². The van der Waals surface area contributed by atoms with Gasteiger partial charge in [0.2, 0.25) is 5.78 Å². The summed E-state index contributed by atoms with van der Waals surface area (Å²) in [5.74, 6) is 0.637. The minimum Gasteiger partial charge on any atom is -0.497 e. The number of carbonyl (C=O) groups is 2. The fraction of sp³-hybridized carbons (Fsp3) is 0.0833. The van der Waals surface area contributed by atoms with Crippen LogP contribution in [0.15, 0.2) is 66.4 Å². The van der Waals surface area contributed by atoms with Crippen LogP contribution in [0.4, 0.5) is 0 Å². The lowest BCUT2D eigenvalue weighted by Gasteiger charge is -2.06. The molecule has 0 aromatic heterocycles. The molecule has 0 radical (unpaired) electrons. The second kappa shape index (κ2) is 8.84. The van der Waals surface area contributed by atoms with Crippen LogP contribution in [0.25, 0.3) is 6.08 Å². The summed E-state index contributed by atoms with van der Waals surface area (Å²) < 4.78 is 16.2. The molecule has 4 rings (SSSR count). The van der Waals surface area contributed by atoms with Gasteiger partial charge in [-0.1, -0.05) is 41.4 Å². The van der Waals surface area contributed by atoms with Crippen molar-refractivity contribution in [3.63, 3.8) is 0 Å². The van der Waals surface area contributed by atoms with E-state index in [1.807, 2.05) is 0 Å². The molecule has 3 aromatic carbocycles. The van der Waals surface area contributed by atoms with Gasteiger partial charge in [0.05, 0.1) is 19.1 Å². The molecule has 1 aliphatic rings. The van der Waals surface area contributed by atoms with E-state index in [4.69, 9.17) is 37.4 Å². The van der Waals surface area contributed by atoms with E-state index in [0.29, 0.717) is 32.7 Å². The smallest absolute Gasteiger partial charge is 0.315 e. The molecule has 0 unspecified atom stereocenters. The van der Waals surface area contributed by atoms with Crippen LogP contribution in [0.3, 0.4) is 0 Å². The molecule has 0 amide bonds. The van der Waals surface area contributed by atoms with Crippen molar-refractivity contribution in [3.8, 4) is 17.2 Å². The molecule has 0 bridgehead atoms. The third-order valence-corrected chi connectivity index (χ3v) is 5.31. The molecule has 3 aromatic rings. The number of ketones is 1. The van der Waals surface area contributed by atoms with E-state index in [9.17, 15) is 9.59 Å². The van der Waals surface area contributed by atoms with Crippen molar-refractivity contribution in [1.29, 1.82) is 0 Å². The number of halogens is 2. The van der Waals surface area contributed by atoms with Gasteiger partial charge in [0, 0.05) is 21.7 Å². The van der Waals surface area contributed by atoms with Crippen LogP contribution < -0.4 is 14.2 Å². The zero-order valence-electron chi connectivity index (χ0n) is 16.4. The number of Topliss-reactive ketones (excluding diaryl/α,β-unsaturated/α-hetero) is 1. The Kier molecular flexibility index (Phi) is 5.98. The summed E-state index contributed by atoms with van der Waals surface area (Å²) >= 11 is 12.3. The SMILES string of the molecule is COc1ccc(CC(=O)Oc2ccc3c(c2)O/C(=C\c2c(Cl)cccc2Cl)C3=O)cc1. The highest BCUT2D eigenvalue weighted by Gasteiger charge is 2.28. The lowest BCUT2D eigenvalue weighted by atomic mass is 10.1. The molecule has 0 spiro atoms. The number of esters is 1. The average molecular weight is 455 g/mol. The highest BCUT2D eigenvalue weighted by atomic mass is 35.5. The standard InChI is InChI=1S/C24H16Cl2O5/c1-29-15-7-5-14(6-8-15)11-23(27)30-16-9-10-17-21(12-16)31-22(24(17)28)13-18-19(25)3-2-4-20(18)26/h2-10,12-13H,11H2,1H3/b22-13-. The minimum atomic E-state index is -0.437. The molecular formula is C24H16Cl2O5. The van der Waals surface area contributed by atoms with E-state index in [1.54, 1.807) is 61.7 Å². The van der Waals surface area contributed by atoms with E-state index in [0.717, 1.165) is 5.56 Å². The maximum absolute atomic E-state index is 12.7. The molecule has 0 atom stereocenters. The quantitative estimate of drug-likeness (QED) is 0.278. The highest BCUT2D eigenvalue weighted by molar-refractivity contribution is 6.37. The molecule has 156 valence electrons. The number of carbonyl (C=O) groups excluding carboxylic acids is 2. The first-order valence-electron chi connectivity index (χ1n) is 9.30. The van der Waals surface area contributed by atoms with E-state index >= 15 is 0 Å². The Labute approximate surface area is 188 Å². The Balaban J connectivity index is 1.49. The highest BCUT2D eigenvalue weighted by Crippen LogP contribution is 2.36. The van der Waals surface area contributed by atoms with Gasteiger partial charge < -0.3 is 14.2 Å². The molecule has 1 aliphatic heterocycles. The summed E-state index contributed by atoms with van der Waals surface area (Å²) in [6, 6.07) is 16.8. The zero-order valence-corrected chi connectivity index (χ0v) is 17.9. The van der Waals surface area contributed by atoms with Gasteiger partial charge in [0.15, 0.2) is 5.76 Å². The molecule has 0 N–H and O–H groups in total. The number of ether oxygens (including phenoxy) is 3. The summed E-state index contributed by atoms with van der Waals surface area (Å²) in [6.07, 6.45) is 1.60. The summed E-state index contributed by atoms with van der Waals surface area (Å²) in [7, 11) is 1.58. The van der Waals surface area contributed by atoms with Crippen molar-refractivity contribution >= 4 is 41.0 Å². The van der Waals surface area contributed by atoms with Crippen LogP contribution >= 0.6 is 23.2 Å². The van der Waals surface area contributed by atoms with Crippen LogP contribution in [0.2, 0.25) is 10.0 Å². The Morgan fingerprint density at radius 1 is 1.00 bits per heavy atom. The normalized spacial score (nSPS) is 13.6. The van der Waals surface area contributed by atoms with Crippen molar-refractivity contribution in [2.75, 3.05) is 7.11 Å². The van der Waals surface area contributed by atoms with Crippen molar-refractivity contribution in [1.82, 2.24) is 0 Å². The molecular weight excluding hydrogens is 439 g/mol. The lowest BCUT2D eigenvalue weighted by Crippen LogP contribution is -2.11. The second-order valence-electron chi connectivity index (χ2n) is 6.73. The molecule has 0 fully saturated rings. The Morgan fingerprint density at radius 2 is 1.68 bits per heavy atom. The number of hydrogen-bond acceptors (Lipinski definition) is 5. The van der Waals surface area contributed by atoms with Crippen molar-refractivity contribution in [3.05, 3.63) is 93.2 Å². The second-order valence-corrected chi connectivity index (χ2v) is 7.55. The van der Waals surface area contributed by atoms with Crippen LogP contribution in [-0.2, 0) is 11.2 Å². The molecule has 0 aliphatic carbocycles. The third-order valence-electron chi connectivity index (χ3n) is 4.66. The number of fused-ring (bicyclic) bond motifs is 1. The van der Waals surface area contributed by atoms with E-state index in [-0.39, 0.29) is 23.7 Å². The molecule has 31 heavy (non-hydrogen) atoms. The molecule has 0 saturated carbocycles. The molecule has 5 nitrogen and oxygen atoms in total. The summed E-state index contributed by atoms with van der Waals surface area (Å²) in [6.45, 7) is 0. The molecule has 1 heterocycles. The molecule has 7 heteroatoms. The maximum Gasteiger partial charge on any atom is 0.315 e. The Morgan fingerprint density at radius 3 is 2.35 bits per heavy atom. The van der Waals surface area contributed by atoms with Gasteiger partial charge >= 0.3 is 5.97 Å². The lowest BCUT2D eigenvalue weighted by molar-refractivity contribution is -0.133. The average Bonchev–Trinajstić information content (AvgIpc) is 3.06. The zero-order chi connectivity index (χ0) is 22.0. The maximum atomic E-state index is 12.7. The van der Waals surface area contributed by atoms with Crippen LogP contribution in [0, 0.1) is 0 Å². The van der Waals surface area contributed by atoms with Gasteiger partial charge in [-0.15, -0.1) is 0 Å². The third kappa shape index (κ3) is 4.58. The number of rotatable bonds is 5. The monoisotopic (exact) mass is 454 g/mol. The van der Waals surface area contributed by atoms with Crippen molar-refractivity contribution < 1.29 is 23.8 Å². The van der Waals surface area contributed by atoms with E-state index in [1.165, 1.54) is 12.1 Å².